The summed E-state index contributed by atoms with van der Waals surface area (Å²) >= 11 is 1.70. The van der Waals surface area contributed by atoms with Crippen molar-refractivity contribution in [1.29, 1.82) is 0 Å². The maximum Gasteiger partial charge on any atom is 0.272 e. The maximum atomic E-state index is 12.2. The Labute approximate surface area is 122 Å². The van der Waals surface area contributed by atoms with E-state index in [1.165, 1.54) is 23.3 Å². The number of rotatable bonds is 3. The highest BCUT2D eigenvalue weighted by Crippen LogP contribution is 2.30. The second-order valence-corrected chi connectivity index (χ2v) is 5.97. The maximum absolute atomic E-state index is 12.2. The number of carbonyl (C=O) groups excluding carboxylic acids is 1. The smallest absolute Gasteiger partial charge is 0.272 e. The van der Waals surface area contributed by atoms with Crippen LogP contribution in [0.25, 0.3) is 0 Å². The van der Waals surface area contributed by atoms with Crippen molar-refractivity contribution in [1.82, 2.24) is 9.99 Å². The number of thiophene rings is 1. The van der Waals surface area contributed by atoms with E-state index in [2.05, 4.69) is 10.5 Å². The van der Waals surface area contributed by atoms with Crippen LogP contribution in [0.4, 0.5) is 0 Å². The Kier molecular flexibility index (Phi) is 3.69. The third-order valence-corrected chi connectivity index (χ3v) is 4.74. The van der Waals surface area contributed by atoms with Gasteiger partial charge in [-0.05, 0) is 43.4 Å². The molecular weight excluding hydrogens is 270 g/mol. The van der Waals surface area contributed by atoms with Crippen LogP contribution >= 0.6 is 11.3 Å². The van der Waals surface area contributed by atoms with Gasteiger partial charge in [-0.1, -0.05) is 0 Å². The van der Waals surface area contributed by atoms with Crippen LogP contribution in [0.5, 0.6) is 0 Å². The van der Waals surface area contributed by atoms with Crippen molar-refractivity contribution in [2.45, 2.75) is 25.7 Å². The van der Waals surface area contributed by atoms with Gasteiger partial charge in [-0.2, -0.15) is 5.10 Å². The molecule has 2 aromatic heterocycles. The number of nitrogens with one attached hydrogen (secondary N) is 1. The van der Waals surface area contributed by atoms with Crippen LogP contribution < -0.4 is 5.43 Å². The number of hydrogen-bond acceptors (Lipinski definition) is 3. The molecule has 1 N–H and O–H groups in total. The first-order valence-corrected chi connectivity index (χ1v) is 7.67. The normalized spacial score (nSPS) is 14.4. The third-order valence-electron chi connectivity index (χ3n) is 3.65. The van der Waals surface area contributed by atoms with E-state index in [1.54, 1.807) is 17.6 Å². The van der Waals surface area contributed by atoms with Crippen LogP contribution in [0.3, 0.4) is 0 Å². The average Bonchev–Trinajstić information content (AvgIpc) is 3.05. The second kappa shape index (κ2) is 5.63. The van der Waals surface area contributed by atoms with Crippen LogP contribution in [0, 0.1) is 0 Å². The Bertz CT molecular complexity index is 654. The Morgan fingerprint density at radius 2 is 2.30 bits per heavy atom. The van der Waals surface area contributed by atoms with Gasteiger partial charge in [0.25, 0.3) is 5.91 Å². The summed E-state index contributed by atoms with van der Waals surface area (Å²) < 4.78 is 1.95. The summed E-state index contributed by atoms with van der Waals surface area (Å²) in [6, 6.07) is 3.89. The Balaban J connectivity index is 1.69. The molecule has 20 heavy (non-hydrogen) atoms. The highest BCUT2D eigenvalue weighted by Gasteiger charge is 2.19. The van der Waals surface area contributed by atoms with E-state index in [4.69, 9.17) is 0 Å². The van der Waals surface area contributed by atoms with Crippen LogP contribution in [0.2, 0.25) is 0 Å². The minimum absolute atomic E-state index is 0.102. The number of hydrogen-bond donors (Lipinski definition) is 1. The van der Waals surface area contributed by atoms with Gasteiger partial charge in [0.15, 0.2) is 0 Å². The molecule has 2 aromatic rings. The Morgan fingerprint density at radius 1 is 1.45 bits per heavy atom. The fourth-order valence-electron chi connectivity index (χ4n) is 2.51. The molecule has 104 valence electrons. The van der Waals surface area contributed by atoms with Crippen LogP contribution in [-0.2, 0) is 19.9 Å². The first kappa shape index (κ1) is 13.1. The molecule has 1 aliphatic rings. The summed E-state index contributed by atoms with van der Waals surface area (Å²) in [5.74, 6) is -0.102. The summed E-state index contributed by atoms with van der Waals surface area (Å²) in [5.41, 5.74) is 5.61. The summed E-state index contributed by atoms with van der Waals surface area (Å²) in [4.78, 5) is 13.5. The zero-order valence-electron chi connectivity index (χ0n) is 11.4. The first-order chi connectivity index (χ1) is 9.75. The molecule has 0 unspecified atom stereocenters. The van der Waals surface area contributed by atoms with Gasteiger partial charge >= 0.3 is 0 Å². The minimum Gasteiger partial charge on any atom is -0.350 e. The van der Waals surface area contributed by atoms with Gasteiger partial charge in [0.05, 0.1) is 17.5 Å². The molecule has 0 bridgehead atoms. The second-order valence-electron chi connectivity index (χ2n) is 5.00. The fraction of sp³-hybridized carbons (Fsp3) is 0.333. The van der Waals surface area contributed by atoms with E-state index in [0.29, 0.717) is 0 Å². The summed E-state index contributed by atoms with van der Waals surface area (Å²) in [7, 11) is 1.94. The molecule has 0 spiro atoms. The van der Waals surface area contributed by atoms with Crippen molar-refractivity contribution in [3.05, 3.63) is 45.4 Å². The van der Waals surface area contributed by atoms with Crippen molar-refractivity contribution < 1.29 is 4.79 Å². The molecule has 4 nitrogen and oxygen atoms in total. The molecule has 2 heterocycles. The Morgan fingerprint density at radius 3 is 3.10 bits per heavy atom. The number of nitrogens with zero attached hydrogens (tertiary/aromatic N) is 2. The molecule has 1 aliphatic carbocycles. The summed E-state index contributed by atoms with van der Waals surface area (Å²) in [6.07, 6.45) is 8.15. The monoisotopic (exact) mass is 287 g/mol. The van der Waals surface area contributed by atoms with Crippen molar-refractivity contribution in [3.8, 4) is 0 Å². The number of aryl methyl sites for hydroxylation is 2. The average molecular weight is 287 g/mol. The molecule has 0 aliphatic heterocycles. The molecular formula is C15H17N3OS. The fourth-order valence-corrected chi connectivity index (χ4v) is 3.64. The van der Waals surface area contributed by atoms with Gasteiger partial charge in [0.2, 0.25) is 0 Å². The summed E-state index contributed by atoms with van der Waals surface area (Å²) in [5, 5.41) is 6.00. The molecule has 5 heteroatoms. The standard InChI is InChI=1S/C15H17N3OS/c1-18-8-4-5-11(18)9-16-17-15(19)13-10-20-14-7-3-2-6-12(13)14/h4-5,8-10H,2-3,6-7H2,1H3,(H,17,19). The van der Waals surface area contributed by atoms with Gasteiger partial charge in [0.1, 0.15) is 0 Å². The predicted octanol–water partition coefficient (Wildman–Crippen LogP) is 2.73. The molecule has 0 atom stereocenters. The van der Waals surface area contributed by atoms with Gasteiger partial charge in [-0.3, -0.25) is 4.79 Å². The highest BCUT2D eigenvalue weighted by atomic mass is 32.1. The molecule has 3 rings (SSSR count). The van der Waals surface area contributed by atoms with Crippen LogP contribution in [0.15, 0.2) is 28.8 Å². The number of carbonyl (C=O) groups is 1. The third kappa shape index (κ3) is 2.54. The van der Waals surface area contributed by atoms with Crippen LogP contribution in [-0.4, -0.2) is 16.7 Å². The van der Waals surface area contributed by atoms with E-state index in [1.807, 2.05) is 35.3 Å². The molecule has 0 saturated heterocycles. The number of hydrazone groups is 1. The number of fused-ring (bicyclic) bond motifs is 1. The zero-order valence-corrected chi connectivity index (χ0v) is 12.2. The van der Waals surface area contributed by atoms with E-state index in [0.717, 1.165) is 24.1 Å². The van der Waals surface area contributed by atoms with Crippen molar-refractivity contribution in [2.75, 3.05) is 0 Å². The van der Waals surface area contributed by atoms with Gasteiger partial charge < -0.3 is 4.57 Å². The SMILES string of the molecule is Cn1cccc1C=NNC(=O)c1csc2c1CCCC2. The van der Waals surface area contributed by atoms with Crippen molar-refractivity contribution in [3.63, 3.8) is 0 Å². The van der Waals surface area contributed by atoms with E-state index >= 15 is 0 Å². The largest absolute Gasteiger partial charge is 0.350 e. The molecule has 0 radical (unpaired) electrons. The van der Waals surface area contributed by atoms with E-state index in [-0.39, 0.29) is 5.91 Å². The molecule has 0 aromatic carbocycles. The predicted molar refractivity (Wildman–Crippen MR) is 81.4 cm³/mol. The van der Waals surface area contributed by atoms with Crippen molar-refractivity contribution in [2.24, 2.45) is 12.1 Å². The minimum atomic E-state index is -0.102. The summed E-state index contributed by atoms with van der Waals surface area (Å²) in [6.45, 7) is 0. The number of amides is 1. The van der Waals surface area contributed by atoms with Crippen molar-refractivity contribution >= 4 is 23.5 Å². The number of aromatic nitrogens is 1. The lowest BCUT2D eigenvalue weighted by Gasteiger charge is -2.11. The molecule has 1 amide bonds. The van der Waals surface area contributed by atoms with E-state index < -0.39 is 0 Å². The molecule has 0 fully saturated rings. The van der Waals surface area contributed by atoms with Gasteiger partial charge in [-0.25, -0.2) is 5.43 Å². The van der Waals surface area contributed by atoms with E-state index in [9.17, 15) is 4.79 Å². The lowest BCUT2D eigenvalue weighted by molar-refractivity contribution is 0.0954. The van der Waals surface area contributed by atoms with Gasteiger partial charge in [0, 0.05) is 23.5 Å². The lowest BCUT2D eigenvalue weighted by atomic mass is 9.96. The quantitative estimate of drug-likeness (QED) is 0.685. The first-order valence-electron chi connectivity index (χ1n) is 6.79. The Hall–Kier alpha value is -1.88. The lowest BCUT2D eigenvalue weighted by Crippen LogP contribution is -2.19. The topological polar surface area (TPSA) is 46.4 Å². The van der Waals surface area contributed by atoms with Crippen LogP contribution in [0.1, 0.15) is 39.3 Å². The van der Waals surface area contributed by atoms with Gasteiger partial charge in [-0.15, -0.1) is 11.3 Å². The zero-order chi connectivity index (χ0) is 13.9. The molecule has 0 saturated carbocycles. The highest BCUT2D eigenvalue weighted by molar-refractivity contribution is 7.10.